The van der Waals surface area contributed by atoms with Gasteiger partial charge in [0.15, 0.2) is 10.8 Å². The van der Waals surface area contributed by atoms with E-state index in [1.165, 1.54) is 5.52 Å². The number of nitrogens with zero attached hydrogens (tertiary/aromatic N) is 3. The van der Waals surface area contributed by atoms with Crippen molar-refractivity contribution in [2.45, 2.75) is 24.8 Å². The highest BCUT2D eigenvalue weighted by atomic mass is 32.2. The summed E-state index contributed by atoms with van der Waals surface area (Å²) in [5.74, 6) is 2.14. The Morgan fingerprint density at radius 2 is 2.19 bits per heavy atom. The lowest BCUT2D eigenvalue weighted by Gasteiger charge is -2.33. The van der Waals surface area contributed by atoms with E-state index in [1.807, 2.05) is 17.8 Å². The highest BCUT2D eigenvalue weighted by Crippen LogP contribution is 2.40. The third kappa shape index (κ3) is 2.96. The van der Waals surface area contributed by atoms with Gasteiger partial charge in [-0.1, -0.05) is 12.1 Å². The van der Waals surface area contributed by atoms with Crippen molar-refractivity contribution in [1.82, 2.24) is 14.5 Å². The Bertz CT molecular complexity index is 625. The second-order valence-electron chi connectivity index (χ2n) is 5.88. The van der Waals surface area contributed by atoms with E-state index < -0.39 is 0 Å². The molecule has 5 heteroatoms. The molecule has 21 heavy (non-hydrogen) atoms. The van der Waals surface area contributed by atoms with Gasteiger partial charge in [-0.25, -0.2) is 4.98 Å². The average Bonchev–Trinajstić information content (AvgIpc) is 2.84. The van der Waals surface area contributed by atoms with Crippen molar-refractivity contribution in [2.75, 3.05) is 33.0 Å². The van der Waals surface area contributed by atoms with Crippen LogP contribution in [-0.4, -0.2) is 47.5 Å². The maximum absolute atomic E-state index is 6.09. The Labute approximate surface area is 130 Å². The first-order chi connectivity index (χ1) is 10.1. The van der Waals surface area contributed by atoms with E-state index in [2.05, 4.69) is 48.7 Å². The van der Waals surface area contributed by atoms with E-state index in [9.17, 15) is 0 Å². The normalized spacial score (nSPS) is 21.9. The van der Waals surface area contributed by atoms with Crippen LogP contribution in [0.3, 0.4) is 0 Å². The molecule has 0 aliphatic carbocycles. The van der Waals surface area contributed by atoms with Crippen LogP contribution in [0.5, 0.6) is 0 Å². The van der Waals surface area contributed by atoms with Gasteiger partial charge in [0.1, 0.15) is 0 Å². The zero-order valence-electron chi connectivity index (χ0n) is 13.0. The SMILES string of the molecule is CN(C)CCCSC1(C)OCCn2c1nc1ccccc12. The maximum Gasteiger partial charge on any atom is 0.169 e. The van der Waals surface area contributed by atoms with Gasteiger partial charge in [-0.3, -0.25) is 0 Å². The van der Waals surface area contributed by atoms with Gasteiger partial charge in [-0.05, 0) is 51.9 Å². The fourth-order valence-electron chi connectivity index (χ4n) is 2.80. The molecule has 1 aromatic carbocycles. The van der Waals surface area contributed by atoms with Crippen LogP contribution in [0.4, 0.5) is 0 Å². The lowest BCUT2D eigenvalue weighted by atomic mass is 10.3. The van der Waals surface area contributed by atoms with Crippen LogP contribution in [0.1, 0.15) is 19.2 Å². The van der Waals surface area contributed by atoms with Crippen molar-refractivity contribution >= 4 is 22.8 Å². The molecular weight excluding hydrogens is 282 g/mol. The molecule has 0 bridgehead atoms. The molecule has 1 atom stereocenters. The number of ether oxygens (including phenoxy) is 1. The number of fused-ring (bicyclic) bond motifs is 3. The van der Waals surface area contributed by atoms with Gasteiger partial charge in [-0.2, -0.15) is 0 Å². The monoisotopic (exact) mass is 305 g/mol. The summed E-state index contributed by atoms with van der Waals surface area (Å²) < 4.78 is 8.41. The number of thioether (sulfide) groups is 1. The van der Waals surface area contributed by atoms with Crippen molar-refractivity contribution in [3.63, 3.8) is 0 Å². The maximum atomic E-state index is 6.09. The lowest BCUT2D eigenvalue weighted by Crippen LogP contribution is -2.34. The van der Waals surface area contributed by atoms with Crippen molar-refractivity contribution < 1.29 is 4.74 Å². The van der Waals surface area contributed by atoms with E-state index in [0.717, 1.165) is 43.2 Å². The molecule has 1 unspecified atom stereocenters. The minimum absolute atomic E-state index is 0.330. The van der Waals surface area contributed by atoms with Gasteiger partial charge < -0.3 is 14.2 Å². The standard InChI is InChI=1S/C16H23N3OS/c1-16(21-12-6-9-18(2)3)15-17-13-7-4-5-8-14(13)19(15)10-11-20-16/h4-5,7-8H,6,9-12H2,1-3H3. The van der Waals surface area contributed by atoms with Crippen molar-refractivity contribution in [2.24, 2.45) is 0 Å². The van der Waals surface area contributed by atoms with Gasteiger partial charge in [0.05, 0.1) is 17.6 Å². The van der Waals surface area contributed by atoms with Crippen LogP contribution in [-0.2, 0) is 16.2 Å². The third-order valence-corrected chi connectivity index (χ3v) is 5.22. The number of rotatable bonds is 5. The van der Waals surface area contributed by atoms with Crippen LogP contribution in [0.25, 0.3) is 11.0 Å². The summed E-state index contributed by atoms with van der Waals surface area (Å²) in [6.45, 7) is 4.91. The largest absolute Gasteiger partial charge is 0.355 e. The fraction of sp³-hybridized carbons (Fsp3) is 0.562. The van der Waals surface area contributed by atoms with Gasteiger partial charge in [0, 0.05) is 6.54 Å². The Kier molecular flexibility index (Phi) is 4.24. The summed E-state index contributed by atoms with van der Waals surface area (Å²) in [7, 11) is 4.23. The molecular formula is C16H23N3OS. The molecule has 114 valence electrons. The molecule has 0 spiro atoms. The van der Waals surface area contributed by atoms with E-state index in [-0.39, 0.29) is 4.93 Å². The average molecular weight is 305 g/mol. The number of imidazole rings is 1. The first-order valence-corrected chi connectivity index (χ1v) is 8.47. The molecule has 3 rings (SSSR count). The first-order valence-electron chi connectivity index (χ1n) is 7.48. The highest BCUT2D eigenvalue weighted by Gasteiger charge is 2.36. The lowest BCUT2D eigenvalue weighted by molar-refractivity contribution is 0.00246. The molecule has 0 saturated heterocycles. The summed E-state index contributed by atoms with van der Waals surface area (Å²) >= 11 is 1.87. The molecule has 0 saturated carbocycles. The smallest absolute Gasteiger partial charge is 0.169 e. The zero-order chi connectivity index (χ0) is 14.9. The second kappa shape index (κ2) is 5.99. The van der Waals surface area contributed by atoms with Crippen LogP contribution < -0.4 is 0 Å². The molecule has 2 heterocycles. The zero-order valence-corrected chi connectivity index (χ0v) is 13.8. The number of para-hydroxylation sites is 2. The van der Waals surface area contributed by atoms with Crippen molar-refractivity contribution in [3.8, 4) is 0 Å². The van der Waals surface area contributed by atoms with E-state index in [4.69, 9.17) is 9.72 Å². The van der Waals surface area contributed by atoms with Gasteiger partial charge >= 0.3 is 0 Å². The highest BCUT2D eigenvalue weighted by molar-refractivity contribution is 8.00. The summed E-state index contributed by atoms with van der Waals surface area (Å²) in [5.41, 5.74) is 2.29. The number of hydrogen-bond donors (Lipinski definition) is 0. The van der Waals surface area contributed by atoms with Crippen LogP contribution in [0.2, 0.25) is 0 Å². The van der Waals surface area contributed by atoms with E-state index in [0.29, 0.717) is 0 Å². The van der Waals surface area contributed by atoms with Gasteiger partial charge in [-0.15, -0.1) is 11.8 Å². The van der Waals surface area contributed by atoms with Gasteiger partial charge in [0.2, 0.25) is 0 Å². The van der Waals surface area contributed by atoms with E-state index >= 15 is 0 Å². The molecule has 1 aliphatic rings. The molecule has 4 nitrogen and oxygen atoms in total. The second-order valence-corrected chi connectivity index (χ2v) is 7.35. The van der Waals surface area contributed by atoms with Gasteiger partial charge in [0.25, 0.3) is 0 Å². The van der Waals surface area contributed by atoms with Crippen LogP contribution >= 0.6 is 11.8 Å². The first kappa shape index (κ1) is 14.9. The quantitative estimate of drug-likeness (QED) is 0.795. The molecule has 0 amide bonds. The molecule has 2 aromatic rings. The number of benzene rings is 1. The van der Waals surface area contributed by atoms with Crippen LogP contribution in [0, 0.1) is 0 Å². The van der Waals surface area contributed by atoms with Crippen LogP contribution in [0.15, 0.2) is 24.3 Å². The third-order valence-electron chi connectivity index (χ3n) is 3.88. The summed E-state index contributed by atoms with van der Waals surface area (Å²) in [4.78, 5) is 6.72. The molecule has 0 N–H and O–H groups in total. The predicted octanol–water partition coefficient (Wildman–Crippen LogP) is 2.92. The van der Waals surface area contributed by atoms with Crippen molar-refractivity contribution in [3.05, 3.63) is 30.1 Å². The number of aromatic nitrogens is 2. The summed E-state index contributed by atoms with van der Waals surface area (Å²) in [6, 6.07) is 8.35. The number of hydrogen-bond acceptors (Lipinski definition) is 4. The fourth-order valence-corrected chi connectivity index (χ4v) is 3.91. The Morgan fingerprint density at radius 3 is 3.00 bits per heavy atom. The summed E-state index contributed by atoms with van der Waals surface area (Å²) in [6.07, 6.45) is 1.16. The molecule has 0 radical (unpaired) electrons. The Morgan fingerprint density at radius 1 is 1.38 bits per heavy atom. The minimum Gasteiger partial charge on any atom is -0.355 e. The topological polar surface area (TPSA) is 30.3 Å². The molecule has 0 fully saturated rings. The van der Waals surface area contributed by atoms with Crippen molar-refractivity contribution in [1.29, 1.82) is 0 Å². The van der Waals surface area contributed by atoms with E-state index in [1.54, 1.807) is 0 Å². The molecule has 1 aliphatic heterocycles. The molecule has 1 aromatic heterocycles. The summed E-state index contributed by atoms with van der Waals surface area (Å²) in [5, 5.41) is 0. The Hall–Kier alpha value is -1.04. The Balaban J connectivity index is 1.82. The predicted molar refractivity (Wildman–Crippen MR) is 88.7 cm³/mol. The minimum atomic E-state index is -0.330.